The molecule has 3 rings (SSSR count). The third-order valence-corrected chi connectivity index (χ3v) is 3.77. The molecule has 1 aliphatic heterocycles. The molecular formula is C18H18N2O2. The minimum absolute atomic E-state index is 0.0737. The summed E-state index contributed by atoms with van der Waals surface area (Å²) < 4.78 is 0. The highest BCUT2D eigenvalue weighted by atomic mass is 16.2. The van der Waals surface area contributed by atoms with Gasteiger partial charge in [0.15, 0.2) is 5.78 Å². The van der Waals surface area contributed by atoms with E-state index >= 15 is 0 Å². The maximum absolute atomic E-state index is 12.2. The van der Waals surface area contributed by atoms with E-state index in [9.17, 15) is 9.59 Å². The standard InChI is InChI=1S/C18H18N2O2/c21-17-11-6-12-20(16-10-5-4-9-15(16)17)13-18(22)19-14-7-2-1-3-8-14/h1-5,7-10H,6,11-13H2,(H,19,22). The quantitative estimate of drug-likeness (QED) is 0.946. The second-order valence-corrected chi connectivity index (χ2v) is 5.38. The number of nitrogens with one attached hydrogen (secondary N) is 1. The van der Waals surface area contributed by atoms with Crippen molar-refractivity contribution < 1.29 is 9.59 Å². The molecule has 1 N–H and O–H groups in total. The van der Waals surface area contributed by atoms with Crippen molar-refractivity contribution in [2.45, 2.75) is 12.8 Å². The minimum atomic E-state index is -0.0737. The number of para-hydroxylation sites is 2. The fraction of sp³-hybridized carbons (Fsp3) is 0.222. The van der Waals surface area contributed by atoms with Gasteiger partial charge in [-0.25, -0.2) is 0 Å². The molecule has 0 atom stereocenters. The average Bonchev–Trinajstić information content (AvgIpc) is 2.69. The molecule has 2 aromatic rings. The number of carbonyl (C=O) groups excluding carboxylic acids is 2. The zero-order chi connectivity index (χ0) is 15.4. The van der Waals surface area contributed by atoms with Crippen LogP contribution in [-0.4, -0.2) is 24.8 Å². The van der Waals surface area contributed by atoms with Gasteiger partial charge in [-0.15, -0.1) is 0 Å². The number of anilines is 2. The Balaban J connectivity index is 1.76. The molecule has 1 amide bonds. The first-order valence-electron chi connectivity index (χ1n) is 7.46. The van der Waals surface area contributed by atoms with E-state index in [2.05, 4.69) is 5.32 Å². The molecule has 4 nitrogen and oxygen atoms in total. The monoisotopic (exact) mass is 294 g/mol. The van der Waals surface area contributed by atoms with Crippen molar-refractivity contribution in [1.82, 2.24) is 0 Å². The summed E-state index contributed by atoms with van der Waals surface area (Å²) in [7, 11) is 0. The topological polar surface area (TPSA) is 49.4 Å². The normalized spacial score (nSPS) is 14.2. The first-order chi connectivity index (χ1) is 10.7. The van der Waals surface area contributed by atoms with Gasteiger partial charge in [-0.05, 0) is 30.7 Å². The zero-order valence-corrected chi connectivity index (χ0v) is 12.3. The van der Waals surface area contributed by atoms with Crippen molar-refractivity contribution in [2.24, 2.45) is 0 Å². The van der Waals surface area contributed by atoms with Crippen LogP contribution in [0.5, 0.6) is 0 Å². The summed E-state index contributed by atoms with van der Waals surface area (Å²) in [6.45, 7) is 0.962. The summed E-state index contributed by atoms with van der Waals surface area (Å²) in [6.07, 6.45) is 1.31. The van der Waals surface area contributed by atoms with Gasteiger partial charge in [-0.2, -0.15) is 0 Å². The van der Waals surface area contributed by atoms with Crippen LogP contribution >= 0.6 is 0 Å². The molecule has 2 aromatic carbocycles. The Labute approximate surface area is 129 Å². The number of amides is 1. The molecule has 0 saturated heterocycles. The molecule has 1 heterocycles. The van der Waals surface area contributed by atoms with Crippen LogP contribution in [0.1, 0.15) is 23.2 Å². The number of Topliss-reactive ketones (excluding diaryl/α,β-unsaturated/α-hetero) is 1. The second kappa shape index (κ2) is 6.43. The lowest BCUT2D eigenvalue weighted by Gasteiger charge is -2.23. The van der Waals surface area contributed by atoms with Crippen molar-refractivity contribution in [1.29, 1.82) is 0 Å². The van der Waals surface area contributed by atoms with Crippen LogP contribution < -0.4 is 10.2 Å². The molecule has 0 aromatic heterocycles. The fourth-order valence-corrected chi connectivity index (χ4v) is 2.73. The van der Waals surface area contributed by atoms with Crippen LogP contribution in [0.2, 0.25) is 0 Å². The van der Waals surface area contributed by atoms with Crippen LogP contribution in [-0.2, 0) is 4.79 Å². The smallest absolute Gasteiger partial charge is 0.243 e. The molecule has 0 spiro atoms. The van der Waals surface area contributed by atoms with Gasteiger partial charge in [0, 0.05) is 29.9 Å². The Bertz CT molecular complexity index is 682. The molecule has 0 radical (unpaired) electrons. The summed E-state index contributed by atoms with van der Waals surface area (Å²) in [5.74, 6) is 0.0805. The largest absolute Gasteiger partial charge is 0.362 e. The molecule has 1 aliphatic rings. The number of carbonyl (C=O) groups is 2. The predicted molar refractivity (Wildman–Crippen MR) is 87.3 cm³/mol. The number of nitrogens with zero attached hydrogens (tertiary/aromatic N) is 1. The van der Waals surface area contributed by atoms with Gasteiger partial charge >= 0.3 is 0 Å². The van der Waals surface area contributed by atoms with Crippen LogP contribution in [0.15, 0.2) is 54.6 Å². The van der Waals surface area contributed by atoms with E-state index in [1.807, 2.05) is 59.5 Å². The minimum Gasteiger partial charge on any atom is -0.362 e. The van der Waals surface area contributed by atoms with Crippen molar-refractivity contribution in [3.63, 3.8) is 0 Å². The van der Waals surface area contributed by atoms with E-state index in [1.165, 1.54) is 0 Å². The van der Waals surface area contributed by atoms with Gasteiger partial charge in [-0.3, -0.25) is 9.59 Å². The predicted octanol–water partition coefficient (Wildman–Crippen LogP) is 3.11. The Morgan fingerprint density at radius 1 is 1.05 bits per heavy atom. The second-order valence-electron chi connectivity index (χ2n) is 5.38. The highest BCUT2D eigenvalue weighted by Crippen LogP contribution is 2.25. The molecule has 0 saturated carbocycles. The molecule has 0 bridgehead atoms. The molecule has 22 heavy (non-hydrogen) atoms. The Hall–Kier alpha value is -2.62. The zero-order valence-electron chi connectivity index (χ0n) is 12.3. The van der Waals surface area contributed by atoms with E-state index in [0.29, 0.717) is 18.5 Å². The van der Waals surface area contributed by atoms with E-state index in [-0.39, 0.29) is 18.2 Å². The number of fused-ring (bicyclic) bond motifs is 1. The van der Waals surface area contributed by atoms with E-state index < -0.39 is 0 Å². The van der Waals surface area contributed by atoms with Crippen LogP contribution in [0, 0.1) is 0 Å². The Morgan fingerprint density at radius 2 is 1.77 bits per heavy atom. The summed E-state index contributed by atoms with van der Waals surface area (Å²) >= 11 is 0. The van der Waals surface area contributed by atoms with Gasteiger partial charge < -0.3 is 10.2 Å². The van der Waals surface area contributed by atoms with Crippen molar-refractivity contribution in [3.8, 4) is 0 Å². The van der Waals surface area contributed by atoms with Crippen molar-refractivity contribution in [2.75, 3.05) is 23.3 Å². The number of rotatable bonds is 3. The van der Waals surface area contributed by atoms with E-state index in [0.717, 1.165) is 17.8 Å². The Morgan fingerprint density at radius 3 is 2.59 bits per heavy atom. The van der Waals surface area contributed by atoms with E-state index in [1.54, 1.807) is 0 Å². The first-order valence-corrected chi connectivity index (χ1v) is 7.46. The first kappa shape index (κ1) is 14.3. The summed E-state index contributed by atoms with van der Waals surface area (Å²) in [4.78, 5) is 26.3. The molecule has 0 unspecified atom stereocenters. The average molecular weight is 294 g/mol. The van der Waals surface area contributed by atoms with Gasteiger partial charge in [0.1, 0.15) is 0 Å². The van der Waals surface area contributed by atoms with E-state index in [4.69, 9.17) is 0 Å². The van der Waals surface area contributed by atoms with Gasteiger partial charge in [-0.1, -0.05) is 30.3 Å². The SMILES string of the molecule is O=C(CN1CCCC(=O)c2ccccc21)Nc1ccccc1. The van der Waals surface area contributed by atoms with Crippen LogP contribution in [0.4, 0.5) is 11.4 Å². The van der Waals surface area contributed by atoms with Crippen molar-refractivity contribution >= 4 is 23.1 Å². The Kier molecular flexibility index (Phi) is 4.19. The van der Waals surface area contributed by atoms with Gasteiger partial charge in [0.05, 0.1) is 6.54 Å². The molecule has 4 heteroatoms. The third kappa shape index (κ3) is 3.17. The lowest BCUT2D eigenvalue weighted by molar-refractivity contribution is -0.115. The van der Waals surface area contributed by atoms with Gasteiger partial charge in [0.2, 0.25) is 5.91 Å². The fourth-order valence-electron chi connectivity index (χ4n) is 2.73. The lowest BCUT2D eigenvalue weighted by atomic mass is 10.1. The maximum atomic E-state index is 12.2. The maximum Gasteiger partial charge on any atom is 0.243 e. The van der Waals surface area contributed by atoms with Crippen LogP contribution in [0.25, 0.3) is 0 Å². The summed E-state index contributed by atoms with van der Waals surface area (Å²) in [6, 6.07) is 16.9. The van der Waals surface area contributed by atoms with Crippen molar-refractivity contribution in [3.05, 3.63) is 60.2 Å². The number of hydrogen-bond donors (Lipinski definition) is 1. The molecule has 112 valence electrons. The highest BCUT2D eigenvalue weighted by molar-refractivity contribution is 6.03. The number of benzene rings is 2. The molecular weight excluding hydrogens is 276 g/mol. The summed E-state index contributed by atoms with van der Waals surface area (Å²) in [5.41, 5.74) is 2.35. The third-order valence-electron chi connectivity index (χ3n) is 3.77. The van der Waals surface area contributed by atoms with Gasteiger partial charge in [0.25, 0.3) is 0 Å². The lowest BCUT2D eigenvalue weighted by Crippen LogP contribution is -2.34. The van der Waals surface area contributed by atoms with Crippen LogP contribution in [0.3, 0.4) is 0 Å². The summed E-state index contributed by atoms with van der Waals surface area (Å²) in [5, 5.41) is 2.89. The number of ketones is 1. The molecule has 0 aliphatic carbocycles. The molecule has 0 fully saturated rings. The highest BCUT2D eigenvalue weighted by Gasteiger charge is 2.21. The number of hydrogen-bond acceptors (Lipinski definition) is 3.